The predicted octanol–water partition coefficient (Wildman–Crippen LogP) is 3.57. The maximum Gasteiger partial charge on any atom is 0.330 e. The molecule has 10 heteroatoms. The number of nitrogens with zero attached hydrogens (tertiary/aromatic N) is 4. The van der Waals surface area contributed by atoms with Gasteiger partial charge >= 0.3 is 5.69 Å². The number of H-pyrrole nitrogens is 1. The predicted molar refractivity (Wildman–Crippen MR) is 137 cm³/mol. The van der Waals surface area contributed by atoms with E-state index in [1.54, 1.807) is 16.8 Å². The van der Waals surface area contributed by atoms with E-state index >= 15 is 0 Å². The Hall–Kier alpha value is -3.69. The highest BCUT2D eigenvalue weighted by Crippen LogP contribution is 2.29. The SMILES string of the molecule is CCCCN(C(=O)c1nn(-c2ccc(F)cc2)c2c1CCCC2)c1c(N)n(CCCC)c(=O)[nH]c1=O. The van der Waals surface area contributed by atoms with E-state index < -0.39 is 17.2 Å². The van der Waals surface area contributed by atoms with Crippen LogP contribution in [0.3, 0.4) is 0 Å². The molecule has 0 saturated heterocycles. The quantitative estimate of drug-likeness (QED) is 0.469. The number of carbonyl (C=O) groups excluding carboxylic acids is 1. The van der Waals surface area contributed by atoms with Crippen molar-refractivity contribution in [1.29, 1.82) is 0 Å². The van der Waals surface area contributed by atoms with Crippen molar-refractivity contribution in [3.05, 3.63) is 67.9 Å². The second kappa shape index (κ2) is 10.9. The molecule has 4 rings (SSSR count). The summed E-state index contributed by atoms with van der Waals surface area (Å²) in [6.45, 7) is 4.58. The fourth-order valence-corrected chi connectivity index (χ4v) is 4.70. The third-order valence-corrected chi connectivity index (χ3v) is 6.65. The number of nitrogens with one attached hydrogen (secondary N) is 1. The van der Waals surface area contributed by atoms with Crippen LogP contribution in [0.5, 0.6) is 0 Å². The number of aromatic nitrogens is 4. The zero-order valence-corrected chi connectivity index (χ0v) is 20.8. The van der Waals surface area contributed by atoms with Crippen LogP contribution in [0.2, 0.25) is 0 Å². The molecule has 0 spiro atoms. The molecule has 0 atom stereocenters. The number of hydrogen-bond donors (Lipinski definition) is 2. The molecule has 0 aliphatic heterocycles. The molecule has 0 fully saturated rings. The van der Waals surface area contributed by atoms with Gasteiger partial charge in [-0.25, -0.2) is 13.9 Å². The molecule has 0 unspecified atom stereocenters. The molecule has 192 valence electrons. The van der Waals surface area contributed by atoms with Crippen LogP contribution in [-0.2, 0) is 19.4 Å². The minimum atomic E-state index is -0.693. The van der Waals surface area contributed by atoms with Gasteiger partial charge in [-0.05, 0) is 62.8 Å². The van der Waals surface area contributed by atoms with Crippen LogP contribution in [0.25, 0.3) is 5.69 Å². The van der Waals surface area contributed by atoms with Gasteiger partial charge in [0.1, 0.15) is 11.6 Å². The maximum atomic E-state index is 14.0. The third kappa shape index (κ3) is 4.84. The number of aromatic amines is 1. The zero-order chi connectivity index (χ0) is 25.8. The van der Waals surface area contributed by atoms with Gasteiger partial charge in [-0.1, -0.05) is 26.7 Å². The highest BCUT2D eigenvalue weighted by molar-refractivity contribution is 6.07. The van der Waals surface area contributed by atoms with Crippen molar-refractivity contribution >= 4 is 17.4 Å². The molecule has 9 nitrogen and oxygen atoms in total. The van der Waals surface area contributed by atoms with Crippen LogP contribution in [-0.4, -0.2) is 31.8 Å². The Morgan fingerprint density at radius 2 is 1.81 bits per heavy atom. The molecule has 0 bridgehead atoms. The first-order valence-corrected chi connectivity index (χ1v) is 12.7. The fraction of sp³-hybridized carbons (Fsp3) is 0.462. The van der Waals surface area contributed by atoms with Gasteiger partial charge in [0.2, 0.25) is 0 Å². The summed E-state index contributed by atoms with van der Waals surface area (Å²) in [7, 11) is 0. The van der Waals surface area contributed by atoms with E-state index in [0.29, 0.717) is 31.5 Å². The van der Waals surface area contributed by atoms with Crippen LogP contribution >= 0.6 is 0 Å². The summed E-state index contributed by atoms with van der Waals surface area (Å²) in [5, 5.41) is 4.68. The Balaban J connectivity index is 1.84. The molecule has 3 N–H and O–H groups in total. The summed E-state index contributed by atoms with van der Waals surface area (Å²) >= 11 is 0. The van der Waals surface area contributed by atoms with E-state index in [1.807, 2.05) is 13.8 Å². The van der Waals surface area contributed by atoms with Crippen LogP contribution in [0.15, 0.2) is 33.9 Å². The molecule has 0 radical (unpaired) electrons. The van der Waals surface area contributed by atoms with Gasteiger partial charge in [0.25, 0.3) is 11.5 Å². The van der Waals surface area contributed by atoms with Crippen molar-refractivity contribution in [2.45, 2.75) is 71.8 Å². The molecular weight excluding hydrogens is 463 g/mol. The van der Waals surface area contributed by atoms with E-state index in [-0.39, 0.29) is 29.6 Å². The molecule has 1 aliphatic rings. The largest absolute Gasteiger partial charge is 0.383 e. The maximum absolute atomic E-state index is 14.0. The first-order chi connectivity index (χ1) is 17.4. The summed E-state index contributed by atoms with van der Waals surface area (Å²) in [6, 6.07) is 5.99. The van der Waals surface area contributed by atoms with Crippen LogP contribution in [0.1, 0.15) is 74.1 Å². The molecule has 2 aromatic heterocycles. The summed E-state index contributed by atoms with van der Waals surface area (Å²) in [6.07, 6.45) is 6.27. The number of amides is 1. The van der Waals surface area contributed by atoms with Gasteiger partial charge in [-0.3, -0.25) is 24.0 Å². The number of halogens is 1. The van der Waals surface area contributed by atoms with Gasteiger partial charge in [0.15, 0.2) is 11.4 Å². The van der Waals surface area contributed by atoms with Crippen molar-refractivity contribution in [3.63, 3.8) is 0 Å². The van der Waals surface area contributed by atoms with Gasteiger partial charge in [-0.2, -0.15) is 5.10 Å². The minimum Gasteiger partial charge on any atom is -0.383 e. The number of nitrogens with two attached hydrogens (primary N) is 1. The number of carbonyl (C=O) groups is 1. The topological polar surface area (TPSA) is 119 Å². The second-order valence-corrected chi connectivity index (χ2v) is 9.18. The van der Waals surface area contributed by atoms with Crippen molar-refractivity contribution in [2.75, 3.05) is 17.2 Å². The molecule has 0 saturated carbocycles. The van der Waals surface area contributed by atoms with Crippen molar-refractivity contribution in [1.82, 2.24) is 19.3 Å². The summed E-state index contributed by atoms with van der Waals surface area (Å²) in [5.74, 6) is -0.802. The van der Waals surface area contributed by atoms with E-state index in [4.69, 9.17) is 5.73 Å². The number of unbranched alkanes of at least 4 members (excludes halogenated alkanes) is 2. The number of rotatable bonds is 9. The van der Waals surface area contributed by atoms with E-state index in [0.717, 1.165) is 43.4 Å². The first kappa shape index (κ1) is 25.4. The Morgan fingerprint density at radius 1 is 1.11 bits per heavy atom. The molecular formula is C26H33FN6O3. The van der Waals surface area contributed by atoms with Crippen molar-refractivity contribution in [2.24, 2.45) is 0 Å². The Kier molecular flexibility index (Phi) is 7.71. The second-order valence-electron chi connectivity index (χ2n) is 9.18. The van der Waals surface area contributed by atoms with E-state index in [2.05, 4.69) is 10.1 Å². The minimum absolute atomic E-state index is 0.0199. The lowest BCUT2D eigenvalue weighted by molar-refractivity contribution is 0.0980. The standard InChI is InChI=1S/C26H33FN6O3/c1-3-5-15-31(22-23(28)32(16-6-4-2)26(36)29-24(22)34)25(35)21-19-9-7-8-10-20(19)33(30-21)18-13-11-17(27)12-14-18/h11-14H,3-10,15-16,28H2,1-2H3,(H,29,34,36). The van der Waals surface area contributed by atoms with Gasteiger partial charge < -0.3 is 5.73 Å². The normalized spacial score (nSPS) is 13.0. The fourth-order valence-electron chi connectivity index (χ4n) is 4.70. The summed E-state index contributed by atoms with van der Waals surface area (Å²) < 4.78 is 16.6. The number of hydrogen-bond acceptors (Lipinski definition) is 5. The number of anilines is 2. The average Bonchev–Trinajstić information content (AvgIpc) is 3.25. The Bertz CT molecular complexity index is 1360. The molecule has 1 aliphatic carbocycles. The lowest BCUT2D eigenvalue weighted by Crippen LogP contribution is -2.42. The third-order valence-electron chi connectivity index (χ3n) is 6.65. The Labute approximate surface area is 208 Å². The van der Waals surface area contributed by atoms with Gasteiger partial charge in [0.05, 0.1) is 5.69 Å². The van der Waals surface area contributed by atoms with E-state index in [1.165, 1.54) is 21.6 Å². The molecule has 2 heterocycles. The molecule has 36 heavy (non-hydrogen) atoms. The smallest absolute Gasteiger partial charge is 0.330 e. The van der Waals surface area contributed by atoms with Crippen LogP contribution in [0, 0.1) is 5.82 Å². The summed E-state index contributed by atoms with van der Waals surface area (Å²) in [5.41, 5.74) is 7.73. The van der Waals surface area contributed by atoms with Gasteiger partial charge in [-0.15, -0.1) is 0 Å². The highest BCUT2D eigenvalue weighted by atomic mass is 19.1. The van der Waals surface area contributed by atoms with Crippen LogP contribution < -0.4 is 21.9 Å². The summed E-state index contributed by atoms with van der Waals surface area (Å²) in [4.78, 5) is 43.2. The lowest BCUT2D eigenvalue weighted by atomic mass is 9.95. The Morgan fingerprint density at radius 3 is 2.50 bits per heavy atom. The van der Waals surface area contributed by atoms with Crippen molar-refractivity contribution < 1.29 is 9.18 Å². The average molecular weight is 497 g/mol. The molecule has 1 aromatic carbocycles. The number of benzene rings is 1. The lowest BCUT2D eigenvalue weighted by Gasteiger charge is -2.24. The van der Waals surface area contributed by atoms with Crippen LogP contribution in [0.4, 0.5) is 15.9 Å². The number of nitrogen functional groups attached to an aromatic ring is 1. The highest BCUT2D eigenvalue weighted by Gasteiger charge is 2.31. The first-order valence-electron chi connectivity index (χ1n) is 12.7. The van der Waals surface area contributed by atoms with Gasteiger partial charge in [0, 0.05) is 24.3 Å². The monoisotopic (exact) mass is 496 g/mol. The molecule has 3 aromatic rings. The van der Waals surface area contributed by atoms with Crippen molar-refractivity contribution in [3.8, 4) is 5.69 Å². The molecule has 1 amide bonds. The number of fused-ring (bicyclic) bond motifs is 1. The zero-order valence-electron chi connectivity index (χ0n) is 20.8. The van der Waals surface area contributed by atoms with E-state index in [9.17, 15) is 18.8 Å².